The Kier molecular flexibility index (Phi) is 5.11. The molecule has 1 amide bonds. The van der Waals surface area contributed by atoms with E-state index in [0.717, 1.165) is 37.1 Å². The highest BCUT2D eigenvalue weighted by atomic mass is 19.1. The van der Waals surface area contributed by atoms with Gasteiger partial charge in [-0.05, 0) is 54.5 Å². The highest BCUT2D eigenvalue weighted by Crippen LogP contribution is 2.32. The SMILES string of the molecule is Cc1c[nH]c2nccc(Oc3ccc(C[C@H](N)C(=O)N4C[C@H]5CNC[C@H]5C4)cc3F)c12. The molecule has 31 heavy (non-hydrogen) atoms. The van der Waals surface area contributed by atoms with Crippen molar-refractivity contribution in [3.63, 3.8) is 0 Å². The molecular formula is C23H26FN5O2. The Morgan fingerprint density at radius 2 is 2.06 bits per heavy atom. The maximum Gasteiger partial charge on any atom is 0.239 e. The van der Waals surface area contributed by atoms with Crippen LogP contribution >= 0.6 is 0 Å². The van der Waals surface area contributed by atoms with Crippen molar-refractivity contribution in [2.75, 3.05) is 26.2 Å². The number of amides is 1. The lowest BCUT2D eigenvalue weighted by Gasteiger charge is -2.22. The fraction of sp³-hybridized carbons (Fsp3) is 0.391. The summed E-state index contributed by atoms with van der Waals surface area (Å²) >= 11 is 0. The minimum Gasteiger partial charge on any atom is -0.453 e. The number of aromatic nitrogens is 2. The van der Waals surface area contributed by atoms with E-state index in [1.54, 1.807) is 24.4 Å². The molecule has 0 bridgehead atoms. The number of carbonyl (C=O) groups excluding carboxylic acids is 1. The van der Waals surface area contributed by atoms with Gasteiger partial charge in [-0.3, -0.25) is 4.79 Å². The number of carbonyl (C=O) groups is 1. The third-order valence-corrected chi connectivity index (χ3v) is 6.42. The highest BCUT2D eigenvalue weighted by molar-refractivity contribution is 5.86. The maximum absolute atomic E-state index is 14.8. The van der Waals surface area contributed by atoms with Crippen LogP contribution in [0.15, 0.2) is 36.7 Å². The number of aryl methyl sites for hydroxylation is 1. The van der Waals surface area contributed by atoms with Crippen LogP contribution in [0, 0.1) is 24.6 Å². The minimum atomic E-state index is -0.680. The number of halogens is 1. The molecule has 7 nitrogen and oxygen atoms in total. The molecule has 8 heteroatoms. The summed E-state index contributed by atoms with van der Waals surface area (Å²) in [6, 6.07) is 5.78. The Labute approximate surface area is 179 Å². The molecule has 2 aromatic heterocycles. The van der Waals surface area contributed by atoms with E-state index in [4.69, 9.17) is 10.5 Å². The molecule has 162 valence electrons. The summed E-state index contributed by atoms with van der Waals surface area (Å²) in [6.07, 6.45) is 3.75. The molecule has 0 saturated carbocycles. The highest BCUT2D eigenvalue weighted by Gasteiger charge is 2.39. The standard InChI is InChI=1S/C23H26FN5O2/c1-13-8-28-22-21(13)20(4-5-27-22)31-19-3-2-14(6-17(19)24)7-18(25)23(30)29-11-15-9-26-10-16(15)12-29/h2-6,8,15-16,18,26H,7,9-12,25H2,1H3,(H,27,28)/t15-,16+,18-/m0/s1. The van der Waals surface area contributed by atoms with Crippen LogP contribution < -0.4 is 15.8 Å². The molecule has 3 atom stereocenters. The van der Waals surface area contributed by atoms with E-state index in [1.807, 2.05) is 18.0 Å². The number of rotatable bonds is 5. The van der Waals surface area contributed by atoms with Crippen molar-refractivity contribution in [2.24, 2.45) is 17.6 Å². The second-order valence-corrected chi connectivity index (χ2v) is 8.60. The molecule has 3 aromatic rings. The number of H-pyrrole nitrogens is 1. The van der Waals surface area contributed by atoms with E-state index in [0.29, 0.717) is 28.8 Å². The Morgan fingerprint density at radius 3 is 2.81 bits per heavy atom. The number of pyridine rings is 1. The first-order chi connectivity index (χ1) is 15.0. The van der Waals surface area contributed by atoms with Gasteiger partial charge in [0.05, 0.1) is 11.4 Å². The summed E-state index contributed by atoms with van der Waals surface area (Å²) in [5, 5.41) is 4.19. The third-order valence-electron chi connectivity index (χ3n) is 6.42. The van der Waals surface area contributed by atoms with Crippen LogP contribution in [-0.2, 0) is 11.2 Å². The van der Waals surface area contributed by atoms with Crippen molar-refractivity contribution in [1.29, 1.82) is 0 Å². The first-order valence-corrected chi connectivity index (χ1v) is 10.6. The fourth-order valence-electron chi connectivity index (χ4n) is 4.75. The number of aromatic amines is 1. The summed E-state index contributed by atoms with van der Waals surface area (Å²) in [5.41, 5.74) is 8.52. The number of ether oxygens (including phenoxy) is 1. The van der Waals surface area contributed by atoms with Crippen molar-refractivity contribution in [1.82, 2.24) is 20.2 Å². The van der Waals surface area contributed by atoms with Crippen molar-refractivity contribution in [3.8, 4) is 11.5 Å². The summed E-state index contributed by atoms with van der Waals surface area (Å²) in [6.45, 7) is 5.37. The average Bonchev–Trinajstić information content (AvgIpc) is 3.45. The van der Waals surface area contributed by atoms with Gasteiger partial charge in [0.15, 0.2) is 11.6 Å². The summed E-state index contributed by atoms with van der Waals surface area (Å²) in [7, 11) is 0. The van der Waals surface area contributed by atoms with Crippen molar-refractivity contribution in [3.05, 3.63) is 53.6 Å². The number of nitrogens with two attached hydrogens (primary N) is 1. The molecule has 0 radical (unpaired) electrons. The summed E-state index contributed by atoms with van der Waals surface area (Å²) in [4.78, 5) is 21.9. The zero-order valence-corrected chi connectivity index (χ0v) is 17.4. The number of nitrogens with zero attached hydrogens (tertiary/aromatic N) is 2. The van der Waals surface area contributed by atoms with Crippen LogP contribution in [0.2, 0.25) is 0 Å². The molecule has 4 heterocycles. The molecule has 0 unspecified atom stereocenters. The molecule has 1 aromatic carbocycles. The largest absolute Gasteiger partial charge is 0.453 e. The molecule has 0 aliphatic carbocycles. The Bertz CT molecular complexity index is 1120. The monoisotopic (exact) mass is 423 g/mol. The van der Waals surface area contributed by atoms with E-state index < -0.39 is 11.9 Å². The Morgan fingerprint density at radius 1 is 1.29 bits per heavy atom. The zero-order valence-electron chi connectivity index (χ0n) is 17.4. The Hall–Kier alpha value is -2.97. The molecule has 4 N–H and O–H groups in total. The van der Waals surface area contributed by atoms with Gasteiger partial charge in [-0.1, -0.05) is 6.07 Å². The number of fused-ring (bicyclic) bond motifs is 2. The number of hydrogen-bond acceptors (Lipinski definition) is 5. The summed E-state index contributed by atoms with van der Waals surface area (Å²) < 4.78 is 20.6. The molecule has 2 aliphatic heterocycles. The van der Waals surface area contributed by atoms with Crippen molar-refractivity contribution >= 4 is 16.9 Å². The fourth-order valence-corrected chi connectivity index (χ4v) is 4.75. The van der Waals surface area contributed by atoms with Gasteiger partial charge in [-0.25, -0.2) is 9.37 Å². The smallest absolute Gasteiger partial charge is 0.239 e. The van der Waals surface area contributed by atoms with E-state index in [1.165, 1.54) is 6.07 Å². The number of benzene rings is 1. The quantitative estimate of drug-likeness (QED) is 0.586. The molecule has 2 aliphatic rings. The lowest BCUT2D eigenvalue weighted by atomic mass is 10.0. The number of likely N-dealkylation sites (tertiary alicyclic amines) is 1. The van der Waals surface area contributed by atoms with Gasteiger partial charge in [0.1, 0.15) is 11.4 Å². The van der Waals surface area contributed by atoms with Gasteiger partial charge in [-0.2, -0.15) is 0 Å². The van der Waals surface area contributed by atoms with Crippen LogP contribution in [-0.4, -0.2) is 53.0 Å². The van der Waals surface area contributed by atoms with Crippen molar-refractivity contribution < 1.29 is 13.9 Å². The first-order valence-electron chi connectivity index (χ1n) is 10.6. The van der Waals surface area contributed by atoms with Gasteiger partial charge >= 0.3 is 0 Å². The molecule has 2 fully saturated rings. The Balaban J connectivity index is 1.27. The second-order valence-electron chi connectivity index (χ2n) is 8.60. The van der Waals surface area contributed by atoms with Gasteiger partial charge in [0, 0.05) is 38.6 Å². The molecular weight excluding hydrogens is 397 g/mol. The summed E-state index contributed by atoms with van der Waals surface area (Å²) in [5.74, 6) is 1.16. The zero-order chi connectivity index (χ0) is 21.5. The minimum absolute atomic E-state index is 0.0581. The predicted octanol–water partition coefficient (Wildman–Crippen LogP) is 2.35. The molecule has 0 spiro atoms. The first kappa shape index (κ1) is 20.0. The van der Waals surface area contributed by atoms with Crippen molar-refractivity contribution in [2.45, 2.75) is 19.4 Å². The third kappa shape index (κ3) is 3.77. The van der Waals surface area contributed by atoms with Gasteiger partial charge in [0.25, 0.3) is 0 Å². The van der Waals surface area contributed by atoms with E-state index in [2.05, 4.69) is 15.3 Å². The molecule has 2 saturated heterocycles. The van der Waals surface area contributed by atoms with Crippen LogP contribution in [0.25, 0.3) is 11.0 Å². The molecule has 5 rings (SSSR count). The average molecular weight is 423 g/mol. The van der Waals surface area contributed by atoms with Gasteiger partial charge in [0.2, 0.25) is 5.91 Å². The van der Waals surface area contributed by atoms with Crippen LogP contribution in [0.3, 0.4) is 0 Å². The van der Waals surface area contributed by atoms with Crippen LogP contribution in [0.5, 0.6) is 11.5 Å². The maximum atomic E-state index is 14.8. The van der Waals surface area contributed by atoms with Crippen LogP contribution in [0.4, 0.5) is 4.39 Å². The predicted molar refractivity (Wildman–Crippen MR) is 115 cm³/mol. The lowest BCUT2D eigenvalue weighted by Crippen LogP contribution is -2.44. The number of hydrogen-bond donors (Lipinski definition) is 3. The van der Waals surface area contributed by atoms with Gasteiger partial charge < -0.3 is 25.7 Å². The topological polar surface area (TPSA) is 96.3 Å². The number of nitrogens with one attached hydrogen (secondary N) is 2. The van der Waals surface area contributed by atoms with Crippen LogP contribution in [0.1, 0.15) is 11.1 Å². The second kappa shape index (κ2) is 7.94. The van der Waals surface area contributed by atoms with E-state index in [9.17, 15) is 9.18 Å². The van der Waals surface area contributed by atoms with Gasteiger partial charge in [-0.15, -0.1) is 0 Å². The lowest BCUT2D eigenvalue weighted by molar-refractivity contribution is -0.131. The normalized spacial score (nSPS) is 21.5. The van der Waals surface area contributed by atoms with E-state index in [-0.39, 0.29) is 18.1 Å². The van der Waals surface area contributed by atoms with E-state index >= 15 is 0 Å².